The SMILES string of the molecule is COc1ccc(-n2cc(CNC(=O)c3cnn(-c4ccc(F)cc4)n3)nn2)cc1. The number of methoxy groups -OCH3 is 1. The van der Waals surface area contributed by atoms with Crippen LogP contribution in [0.15, 0.2) is 60.9 Å². The minimum Gasteiger partial charge on any atom is -0.497 e. The van der Waals surface area contributed by atoms with Crippen LogP contribution in [0.1, 0.15) is 16.2 Å². The van der Waals surface area contributed by atoms with Crippen LogP contribution < -0.4 is 10.1 Å². The van der Waals surface area contributed by atoms with Gasteiger partial charge in [-0.1, -0.05) is 5.21 Å². The Morgan fingerprint density at radius 1 is 1.10 bits per heavy atom. The van der Waals surface area contributed by atoms with Crippen LogP contribution in [0.3, 0.4) is 0 Å². The lowest BCUT2D eigenvalue weighted by Crippen LogP contribution is -2.23. The highest BCUT2D eigenvalue weighted by molar-refractivity contribution is 5.91. The molecular formula is C19H16FN7O2. The molecule has 0 aliphatic rings. The Labute approximate surface area is 164 Å². The average molecular weight is 393 g/mol. The molecule has 0 atom stereocenters. The quantitative estimate of drug-likeness (QED) is 0.537. The molecule has 0 spiro atoms. The van der Waals surface area contributed by atoms with Crippen molar-refractivity contribution < 1.29 is 13.9 Å². The molecule has 9 nitrogen and oxygen atoms in total. The monoisotopic (exact) mass is 393 g/mol. The van der Waals surface area contributed by atoms with E-state index >= 15 is 0 Å². The van der Waals surface area contributed by atoms with Gasteiger partial charge in [-0.3, -0.25) is 4.79 Å². The highest BCUT2D eigenvalue weighted by atomic mass is 19.1. The van der Waals surface area contributed by atoms with Gasteiger partial charge in [0, 0.05) is 0 Å². The van der Waals surface area contributed by atoms with Crippen LogP contribution in [0, 0.1) is 5.82 Å². The van der Waals surface area contributed by atoms with Crippen molar-refractivity contribution in [3.05, 3.63) is 78.1 Å². The van der Waals surface area contributed by atoms with Gasteiger partial charge in [-0.15, -0.1) is 10.2 Å². The van der Waals surface area contributed by atoms with Crippen LogP contribution in [0.2, 0.25) is 0 Å². The fourth-order valence-corrected chi connectivity index (χ4v) is 2.57. The smallest absolute Gasteiger partial charge is 0.273 e. The Balaban J connectivity index is 1.38. The first kappa shape index (κ1) is 18.3. The number of ether oxygens (including phenoxy) is 1. The molecule has 1 N–H and O–H groups in total. The number of carbonyl (C=O) groups is 1. The average Bonchev–Trinajstić information content (AvgIpc) is 3.43. The van der Waals surface area contributed by atoms with E-state index in [9.17, 15) is 9.18 Å². The minimum atomic E-state index is -0.405. The molecule has 2 aromatic carbocycles. The first-order valence-corrected chi connectivity index (χ1v) is 8.64. The highest BCUT2D eigenvalue weighted by Gasteiger charge is 2.12. The van der Waals surface area contributed by atoms with E-state index in [0.717, 1.165) is 11.4 Å². The number of halogens is 1. The second-order valence-corrected chi connectivity index (χ2v) is 6.03. The van der Waals surface area contributed by atoms with Gasteiger partial charge in [0.2, 0.25) is 0 Å². The molecule has 146 valence electrons. The van der Waals surface area contributed by atoms with Gasteiger partial charge in [-0.05, 0) is 48.5 Å². The van der Waals surface area contributed by atoms with Crippen LogP contribution >= 0.6 is 0 Å². The molecule has 0 unspecified atom stereocenters. The van der Waals surface area contributed by atoms with E-state index < -0.39 is 5.91 Å². The number of rotatable bonds is 6. The molecular weight excluding hydrogens is 377 g/mol. The molecule has 1 amide bonds. The molecule has 4 aromatic rings. The van der Waals surface area contributed by atoms with Crippen molar-refractivity contribution in [1.82, 2.24) is 35.3 Å². The Kier molecular flexibility index (Phi) is 4.97. The van der Waals surface area contributed by atoms with Crippen molar-refractivity contribution in [2.24, 2.45) is 0 Å². The van der Waals surface area contributed by atoms with Crippen LogP contribution in [0.4, 0.5) is 4.39 Å². The van der Waals surface area contributed by atoms with Crippen molar-refractivity contribution in [3.63, 3.8) is 0 Å². The van der Waals surface area contributed by atoms with Crippen LogP contribution in [0.5, 0.6) is 5.75 Å². The van der Waals surface area contributed by atoms with Gasteiger partial charge >= 0.3 is 0 Å². The van der Waals surface area contributed by atoms with E-state index in [4.69, 9.17) is 4.74 Å². The number of amides is 1. The summed E-state index contributed by atoms with van der Waals surface area (Å²) in [6.07, 6.45) is 3.06. The molecule has 0 radical (unpaired) electrons. The summed E-state index contributed by atoms with van der Waals surface area (Å²) in [5.74, 6) is -0.0195. The zero-order valence-electron chi connectivity index (χ0n) is 15.4. The molecule has 10 heteroatoms. The van der Waals surface area contributed by atoms with E-state index in [-0.39, 0.29) is 18.1 Å². The first-order valence-electron chi connectivity index (χ1n) is 8.64. The topological polar surface area (TPSA) is 99.8 Å². The first-order chi connectivity index (χ1) is 14.1. The lowest BCUT2D eigenvalue weighted by molar-refractivity contribution is 0.0945. The maximum absolute atomic E-state index is 13.0. The summed E-state index contributed by atoms with van der Waals surface area (Å²) in [6.45, 7) is 0.179. The fourth-order valence-electron chi connectivity index (χ4n) is 2.57. The van der Waals surface area contributed by atoms with Crippen LogP contribution in [0.25, 0.3) is 11.4 Å². The summed E-state index contributed by atoms with van der Waals surface area (Å²) in [5.41, 5.74) is 2.09. The number of aromatic nitrogens is 6. The molecule has 0 fully saturated rings. The summed E-state index contributed by atoms with van der Waals surface area (Å²) in [6, 6.07) is 13.0. The maximum Gasteiger partial charge on any atom is 0.273 e. The van der Waals surface area contributed by atoms with Gasteiger partial charge in [-0.2, -0.15) is 9.90 Å². The van der Waals surface area contributed by atoms with Crippen LogP contribution in [-0.4, -0.2) is 43.0 Å². The third-order valence-electron chi connectivity index (χ3n) is 4.09. The molecule has 4 rings (SSSR count). The number of nitrogens with one attached hydrogen (secondary N) is 1. The van der Waals surface area contributed by atoms with Crippen molar-refractivity contribution in [1.29, 1.82) is 0 Å². The largest absolute Gasteiger partial charge is 0.497 e. The van der Waals surface area contributed by atoms with Gasteiger partial charge in [-0.25, -0.2) is 9.07 Å². The van der Waals surface area contributed by atoms with Crippen LogP contribution in [-0.2, 0) is 6.54 Å². The van der Waals surface area contributed by atoms with Gasteiger partial charge in [0.25, 0.3) is 5.91 Å². The number of carbonyl (C=O) groups excluding carboxylic acids is 1. The van der Waals surface area contributed by atoms with E-state index in [1.165, 1.54) is 35.3 Å². The molecule has 0 saturated carbocycles. The molecule has 0 saturated heterocycles. The number of benzene rings is 2. The predicted molar refractivity (Wildman–Crippen MR) is 100 cm³/mol. The molecule has 2 aromatic heterocycles. The predicted octanol–water partition coefficient (Wildman–Crippen LogP) is 1.93. The van der Waals surface area contributed by atoms with E-state index in [2.05, 4.69) is 25.8 Å². The van der Waals surface area contributed by atoms with Gasteiger partial charge in [0.1, 0.15) is 17.3 Å². The van der Waals surface area contributed by atoms with Gasteiger partial charge < -0.3 is 10.1 Å². The van der Waals surface area contributed by atoms with E-state index in [1.807, 2.05) is 24.3 Å². The molecule has 0 aliphatic carbocycles. The maximum atomic E-state index is 13.0. The second kappa shape index (κ2) is 7.89. The molecule has 0 bridgehead atoms. The fraction of sp³-hybridized carbons (Fsp3) is 0.105. The Bertz CT molecular complexity index is 1120. The van der Waals surface area contributed by atoms with Gasteiger partial charge in [0.05, 0.1) is 37.4 Å². The highest BCUT2D eigenvalue weighted by Crippen LogP contribution is 2.14. The lowest BCUT2D eigenvalue weighted by Gasteiger charge is -2.02. The van der Waals surface area contributed by atoms with E-state index in [1.54, 1.807) is 18.0 Å². The van der Waals surface area contributed by atoms with Gasteiger partial charge in [0.15, 0.2) is 5.69 Å². The third-order valence-corrected chi connectivity index (χ3v) is 4.09. The van der Waals surface area contributed by atoms with Crippen molar-refractivity contribution in [2.75, 3.05) is 7.11 Å². The van der Waals surface area contributed by atoms with Crippen molar-refractivity contribution >= 4 is 5.91 Å². The normalized spacial score (nSPS) is 10.7. The van der Waals surface area contributed by atoms with Crippen molar-refractivity contribution in [2.45, 2.75) is 6.54 Å². The number of hydrogen-bond acceptors (Lipinski definition) is 6. The second-order valence-electron chi connectivity index (χ2n) is 6.03. The molecule has 2 heterocycles. The number of nitrogens with zero attached hydrogens (tertiary/aromatic N) is 6. The zero-order valence-corrected chi connectivity index (χ0v) is 15.4. The Morgan fingerprint density at radius 3 is 2.55 bits per heavy atom. The summed E-state index contributed by atoms with van der Waals surface area (Å²) in [5, 5.41) is 19.0. The summed E-state index contributed by atoms with van der Waals surface area (Å²) >= 11 is 0. The third kappa shape index (κ3) is 4.10. The lowest BCUT2D eigenvalue weighted by atomic mass is 10.3. The Hall–Kier alpha value is -4.08. The van der Waals surface area contributed by atoms with E-state index in [0.29, 0.717) is 11.4 Å². The summed E-state index contributed by atoms with van der Waals surface area (Å²) in [7, 11) is 1.60. The Morgan fingerprint density at radius 2 is 1.83 bits per heavy atom. The summed E-state index contributed by atoms with van der Waals surface area (Å²) in [4.78, 5) is 13.6. The number of hydrogen-bond donors (Lipinski definition) is 1. The summed E-state index contributed by atoms with van der Waals surface area (Å²) < 4.78 is 19.7. The van der Waals surface area contributed by atoms with Crippen molar-refractivity contribution in [3.8, 4) is 17.1 Å². The molecule has 0 aliphatic heterocycles. The molecule has 29 heavy (non-hydrogen) atoms. The zero-order chi connectivity index (χ0) is 20.2. The standard InChI is InChI=1S/C19H16FN7O2/c1-29-17-8-6-15(7-9-17)26-12-14(23-25-26)10-21-19(28)18-11-22-27(24-18)16-4-2-13(20)3-5-16/h2-9,11-12H,10H2,1H3,(H,21,28). The minimum absolute atomic E-state index is 0.136.